The largest absolute Gasteiger partial charge is 0.389 e. The molecule has 2 heteroatoms. The van der Waals surface area contributed by atoms with Crippen LogP contribution in [0, 0.1) is 0 Å². The van der Waals surface area contributed by atoms with E-state index in [9.17, 15) is 5.11 Å². The summed E-state index contributed by atoms with van der Waals surface area (Å²) in [6.45, 7) is 1.87. The fraction of sp³-hybridized carbons (Fsp3) is 1.00. The molecule has 0 aromatic heterocycles. The monoisotopic (exact) mass is 115 g/mol. The van der Waals surface area contributed by atoms with Crippen LogP contribution < -0.4 is 5.32 Å². The normalized spacial score (nSPS) is 46.1. The van der Waals surface area contributed by atoms with Crippen LogP contribution in [0.1, 0.15) is 19.8 Å². The molecule has 2 N–H and O–H groups in total. The fourth-order valence-corrected chi connectivity index (χ4v) is 1.16. The fourth-order valence-electron chi connectivity index (χ4n) is 1.16. The highest BCUT2D eigenvalue weighted by atomic mass is 16.3. The van der Waals surface area contributed by atoms with Crippen molar-refractivity contribution < 1.29 is 5.11 Å². The molecule has 0 aromatic rings. The van der Waals surface area contributed by atoms with E-state index >= 15 is 0 Å². The van der Waals surface area contributed by atoms with E-state index in [1.54, 1.807) is 0 Å². The number of aliphatic hydroxyl groups is 1. The summed E-state index contributed by atoms with van der Waals surface area (Å²) < 4.78 is 0. The van der Waals surface area contributed by atoms with E-state index < -0.39 is 5.60 Å². The summed E-state index contributed by atoms with van der Waals surface area (Å²) in [6, 6.07) is 0.336. The van der Waals surface area contributed by atoms with Gasteiger partial charge in [0.05, 0.1) is 5.60 Å². The number of hydrogen-bond donors (Lipinski definition) is 2. The predicted octanol–water partition coefficient (Wildman–Crippen LogP) is 0.119. The lowest BCUT2D eigenvalue weighted by molar-refractivity contribution is -0.0488. The van der Waals surface area contributed by atoms with E-state index in [1.807, 2.05) is 14.0 Å². The number of rotatable bonds is 1. The summed E-state index contributed by atoms with van der Waals surface area (Å²) >= 11 is 0. The molecule has 1 aliphatic rings. The van der Waals surface area contributed by atoms with Crippen molar-refractivity contribution in [2.24, 2.45) is 0 Å². The van der Waals surface area contributed by atoms with E-state index in [4.69, 9.17) is 0 Å². The lowest BCUT2D eigenvalue weighted by Gasteiger charge is -2.42. The highest BCUT2D eigenvalue weighted by Gasteiger charge is 2.39. The molecule has 0 heterocycles. The second-order valence-electron chi connectivity index (χ2n) is 2.74. The molecule has 48 valence electrons. The van der Waals surface area contributed by atoms with Gasteiger partial charge in [0.1, 0.15) is 0 Å². The van der Waals surface area contributed by atoms with Crippen LogP contribution in [0.15, 0.2) is 0 Å². The maximum atomic E-state index is 9.31. The van der Waals surface area contributed by atoms with Gasteiger partial charge in [-0.2, -0.15) is 0 Å². The Morgan fingerprint density at radius 1 is 1.75 bits per heavy atom. The first-order chi connectivity index (χ1) is 3.67. The molecule has 2 nitrogen and oxygen atoms in total. The van der Waals surface area contributed by atoms with E-state index in [1.165, 1.54) is 0 Å². The minimum absolute atomic E-state index is 0.336. The Morgan fingerprint density at radius 3 is 2.38 bits per heavy atom. The molecule has 0 spiro atoms. The molecule has 0 radical (unpaired) electrons. The van der Waals surface area contributed by atoms with Crippen molar-refractivity contribution in [1.82, 2.24) is 5.32 Å². The molecule has 0 unspecified atom stereocenters. The van der Waals surface area contributed by atoms with Crippen molar-refractivity contribution >= 4 is 0 Å². The smallest absolute Gasteiger partial charge is 0.0772 e. The van der Waals surface area contributed by atoms with E-state index in [-0.39, 0.29) is 0 Å². The molecule has 0 amide bonds. The maximum absolute atomic E-state index is 9.31. The number of likely N-dealkylation sites (N-methyl/N-ethyl adjacent to an activating group) is 1. The molecule has 1 rings (SSSR count). The van der Waals surface area contributed by atoms with Crippen molar-refractivity contribution in [2.45, 2.75) is 31.4 Å². The summed E-state index contributed by atoms with van der Waals surface area (Å²) in [5, 5.41) is 12.4. The third kappa shape index (κ3) is 0.740. The Balaban J connectivity index is 2.37. The van der Waals surface area contributed by atoms with E-state index in [2.05, 4.69) is 5.32 Å². The van der Waals surface area contributed by atoms with Gasteiger partial charge in [-0.25, -0.2) is 0 Å². The van der Waals surface area contributed by atoms with Crippen LogP contribution in [0.2, 0.25) is 0 Å². The Morgan fingerprint density at radius 2 is 2.38 bits per heavy atom. The average molecular weight is 115 g/mol. The van der Waals surface area contributed by atoms with Gasteiger partial charge in [-0.05, 0) is 26.8 Å². The standard InChI is InChI=1S/C6H13NO/c1-6(8)4-3-5(6)7-2/h5,7-8H,3-4H2,1-2H3/t5-,6-/m0/s1. The van der Waals surface area contributed by atoms with Crippen molar-refractivity contribution in [3.8, 4) is 0 Å². The summed E-state index contributed by atoms with van der Waals surface area (Å²) in [5.74, 6) is 0. The molecule has 0 aromatic carbocycles. The average Bonchev–Trinajstić information content (AvgIpc) is 1.66. The minimum atomic E-state index is -0.422. The van der Waals surface area contributed by atoms with Crippen LogP contribution in [0.3, 0.4) is 0 Å². The second-order valence-corrected chi connectivity index (χ2v) is 2.74. The topological polar surface area (TPSA) is 32.3 Å². The first-order valence-corrected chi connectivity index (χ1v) is 3.06. The summed E-state index contributed by atoms with van der Waals surface area (Å²) in [6.07, 6.45) is 2.06. The zero-order valence-electron chi connectivity index (χ0n) is 5.44. The van der Waals surface area contributed by atoms with Crippen molar-refractivity contribution in [1.29, 1.82) is 0 Å². The van der Waals surface area contributed by atoms with E-state index in [0.29, 0.717) is 6.04 Å². The first kappa shape index (κ1) is 6.05. The Kier molecular flexibility index (Phi) is 1.29. The molecule has 0 bridgehead atoms. The van der Waals surface area contributed by atoms with Gasteiger partial charge in [-0.15, -0.1) is 0 Å². The van der Waals surface area contributed by atoms with Crippen molar-refractivity contribution in [2.75, 3.05) is 7.05 Å². The molecule has 0 aliphatic heterocycles. The summed E-state index contributed by atoms with van der Waals surface area (Å²) in [7, 11) is 1.89. The van der Waals surface area contributed by atoms with Gasteiger partial charge in [0, 0.05) is 6.04 Å². The quantitative estimate of drug-likeness (QED) is 0.508. The lowest BCUT2D eigenvalue weighted by atomic mass is 9.76. The molecule has 1 saturated carbocycles. The molecule has 1 aliphatic carbocycles. The number of nitrogens with one attached hydrogen (secondary N) is 1. The SMILES string of the molecule is CN[C@H]1CC[C@]1(C)O. The number of hydrogen-bond acceptors (Lipinski definition) is 2. The highest BCUT2D eigenvalue weighted by molar-refractivity contribution is 4.96. The molecular weight excluding hydrogens is 102 g/mol. The Labute approximate surface area is 49.9 Å². The van der Waals surface area contributed by atoms with Crippen molar-refractivity contribution in [3.63, 3.8) is 0 Å². The third-order valence-corrected chi connectivity index (χ3v) is 2.04. The molecule has 0 saturated heterocycles. The molecule has 1 fully saturated rings. The first-order valence-electron chi connectivity index (χ1n) is 3.06. The van der Waals surface area contributed by atoms with Gasteiger partial charge in [0.25, 0.3) is 0 Å². The van der Waals surface area contributed by atoms with Gasteiger partial charge in [-0.3, -0.25) is 0 Å². The second kappa shape index (κ2) is 1.71. The van der Waals surface area contributed by atoms with Crippen molar-refractivity contribution in [3.05, 3.63) is 0 Å². The van der Waals surface area contributed by atoms with Gasteiger partial charge in [0.15, 0.2) is 0 Å². The van der Waals surface area contributed by atoms with Gasteiger partial charge < -0.3 is 10.4 Å². The van der Waals surface area contributed by atoms with Crippen LogP contribution >= 0.6 is 0 Å². The van der Waals surface area contributed by atoms with Gasteiger partial charge in [-0.1, -0.05) is 0 Å². The van der Waals surface area contributed by atoms with Crippen LogP contribution in [-0.4, -0.2) is 23.8 Å². The minimum Gasteiger partial charge on any atom is -0.389 e. The van der Waals surface area contributed by atoms with Gasteiger partial charge >= 0.3 is 0 Å². The summed E-state index contributed by atoms with van der Waals surface area (Å²) in [5.41, 5.74) is -0.422. The lowest BCUT2D eigenvalue weighted by Crippen LogP contribution is -2.55. The van der Waals surface area contributed by atoms with Crippen LogP contribution in [0.4, 0.5) is 0 Å². The summed E-state index contributed by atoms with van der Waals surface area (Å²) in [4.78, 5) is 0. The Bertz CT molecular complexity index is 88.5. The van der Waals surface area contributed by atoms with Crippen LogP contribution in [0.5, 0.6) is 0 Å². The molecule has 8 heavy (non-hydrogen) atoms. The van der Waals surface area contributed by atoms with Crippen LogP contribution in [-0.2, 0) is 0 Å². The predicted molar refractivity (Wildman–Crippen MR) is 32.7 cm³/mol. The van der Waals surface area contributed by atoms with Gasteiger partial charge in [0.2, 0.25) is 0 Å². The zero-order valence-corrected chi connectivity index (χ0v) is 5.44. The van der Waals surface area contributed by atoms with E-state index in [0.717, 1.165) is 12.8 Å². The van der Waals surface area contributed by atoms with Crippen LogP contribution in [0.25, 0.3) is 0 Å². The molecular formula is C6H13NO. The Hall–Kier alpha value is -0.0800. The molecule has 2 atom stereocenters. The third-order valence-electron chi connectivity index (χ3n) is 2.04. The maximum Gasteiger partial charge on any atom is 0.0772 e. The zero-order chi connectivity index (χ0) is 6.20. The highest BCUT2D eigenvalue weighted by Crippen LogP contribution is 2.30.